The molecule has 176 valence electrons. The van der Waals surface area contributed by atoms with Crippen LogP contribution < -0.4 is 10.2 Å². The van der Waals surface area contributed by atoms with Gasteiger partial charge in [0.05, 0.1) is 16.9 Å². The number of rotatable bonds is 4. The molecule has 0 saturated heterocycles. The first-order valence-corrected chi connectivity index (χ1v) is 10.1. The molecule has 0 spiro atoms. The van der Waals surface area contributed by atoms with Gasteiger partial charge in [-0.3, -0.25) is 29.0 Å². The number of carbonyl (C=O) groups excluding carboxylic acids is 4. The van der Waals surface area contributed by atoms with Gasteiger partial charge < -0.3 is 10.1 Å². The number of fused-ring (bicyclic) bond motifs is 2. The van der Waals surface area contributed by atoms with Crippen LogP contribution >= 0.6 is 0 Å². The van der Waals surface area contributed by atoms with E-state index in [9.17, 15) is 32.3 Å². The lowest BCUT2D eigenvalue weighted by Gasteiger charge is -2.31. The SMILES string of the molecule is C=C1c2ccccc2C(=O)N1CC(=O)OC(C)C(=O)N1CC(=O)Nc2cc(C(F)(F)F)ccc21. The summed E-state index contributed by atoms with van der Waals surface area (Å²) in [6.45, 7) is 4.14. The monoisotopic (exact) mass is 473 g/mol. The summed E-state index contributed by atoms with van der Waals surface area (Å²) in [5, 5.41) is 2.31. The van der Waals surface area contributed by atoms with Gasteiger partial charge in [0, 0.05) is 16.8 Å². The van der Waals surface area contributed by atoms with Gasteiger partial charge in [0.25, 0.3) is 11.8 Å². The number of halogens is 3. The Morgan fingerprint density at radius 2 is 1.82 bits per heavy atom. The minimum atomic E-state index is -4.63. The molecule has 2 heterocycles. The molecule has 4 rings (SSSR count). The molecule has 3 amide bonds. The third-order valence-corrected chi connectivity index (χ3v) is 5.44. The van der Waals surface area contributed by atoms with Crippen LogP contribution in [-0.2, 0) is 25.3 Å². The van der Waals surface area contributed by atoms with Crippen molar-refractivity contribution in [2.24, 2.45) is 0 Å². The Hall–Kier alpha value is -4.15. The van der Waals surface area contributed by atoms with Crippen molar-refractivity contribution in [2.45, 2.75) is 19.2 Å². The van der Waals surface area contributed by atoms with Gasteiger partial charge >= 0.3 is 12.1 Å². The number of nitrogens with zero attached hydrogens (tertiary/aromatic N) is 2. The zero-order valence-corrected chi connectivity index (χ0v) is 17.8. The highest BCUT2D eigenvalue weighted by molar-refractivity contribution is 6.12. The quantitative estimate of drug-likeness (QED) is 0.689. The summed E-state index contributed by atoms with van der Waals surface area (Å²) in [6, 6.07) is 9.27. The molecule has 0 fully saturated rings. The predicted molar refractivity (Wildman–Crippen MR) is 114 cm³/mol. The molecule has 2 aromatic carbocycles. The van der Waals surface area contributed by atoms with Gasteiger partial charge in [-0.1, -0.05) is 24.8 Å². The molecular formula is C23H18F3N3O5. The number of carbonyl (C=O) groups is 4. The van der Waals surface area contributed by atoms with Gasteiger partial charge in [-0.25, -0.2) is 0 Å². The average Bonchev–Trinajstić information content (AvgIpc) is 3.02. The van der Waals surface area contributed by atoms with Crippen molar-refractivity contribution in [3.05, 3.63) is 65.7 Å². The van der Waals surface area contributed by atoms with Gasteiger partial charge in [-0.15, -0.1) is 0 Å². The minimum absolute atomic E-state index is 0.0408. The summed E-state index contributed by atoms with van der Waals surface area (Å²) in [4.78, 5) is 52.0. The molecule has 11 heteroatoms. The van der Waals surface area contributed by atoms with Crippen LogP contribution in [0.1, 0.15) is 28.4 Å². The number of alkyl halides is 3. The van der Waals surface area contributed by atoms with Crippen molar-refractivity contribution < 1.29 is 37.1 Å². The summed E-state index contributed by atoms with van der Waals surface area (Å²) >= 11 is 0. The fourth-order valence-electron chi connectivity index (χ4n) is 3.80. The summed E-state index contributed by atoms with van der Waals surface area (Å²) < 4.78 is 44.2. The highest BCUT2D eigenvalue weighted by Crippen LogP contribution is 2.37. The Morgan fingerprint density at radius 1 is 1.15 bits per heavy atom. The third-order valence-electron chi connectivity index (χ3n) is 5.44. The molecule has 2 aliphatic heterocycles. The van der Waals surface area contributed by atoms with E-state index in [1.807, 2.05) is 0 Å². The zero-order chi connectivity index (χ0) is 24.8. The molecule has 0 aliphatic carbocycles. The number of anilines is 2. The van der Waals surface area contributed by atoms with E-state index in [2.05, 4.69) is 11.9 Å². The van der Waals surface area contributed by atoms with E-state index < -0.39 is 54.6 Å². The summed E-state index contributed by atoms with van der Waals surface area (Å²) in [5.74, 6) is -2.83. The summed E-state index contributed by atoms with van der Waals surface area (Å²) in [5.41, 5.74) is 0.154. The number of ether oxygens (including phenoxy) is 1. The molecule has 2 aliphatic rings. The van der Waals surface area contributed by atoms with Gasteiger partial charge in [0.2, 0.25) is 5.91 Å². The Kier molecular flexibility index (Phi) is 5.64. The van der Waals surface area contributed by atoms with Crippen LogP contribution in [0, 0.1) is 0 Å². The molecule has 0 aromatic heterocycles. The number of amides is 3. The highest BCUT2D eigenvalue weighted by atomic mass is 19.4. The first-order valence-electron chi connectivity index (χ1n) is 10.1. The van der Waals surface area contributed by atoms with Crippen LogP contribution in [0.4, 0.5) is 24.5 Å². The zero-order valence-electron chi connectivity index (χ0n) is 17.8. The number of esters is 1. The fourth-order valence-corrected chi connectivity index (χ4v) is 3.80. The fraction of sp³-hybridized carbons (Fsp3) is 0.217. The van der Waals surface area contributed by atoms with Gasteiger partial charge in [0.15, 0.2) is 6.10 Å². The third kappa shape index (κ3) is 4.12. The van der Waals surface area contributed by atoms with E-state index in [-0.39, 0.29) is 11.4 Å². The molecule has 1 N–H and O–H groups in total. The van der Waals surface area contributed by atoms with Crippen molar-refractivity contribution in [1.29, 1.82) is 0 Å². The largest absolute Gasteiger partial charge is 0.451 e. The van der Waals surface area contributed by atoms with Gasteiger partial charge in [-0.05, 0) is 31.2 Å². The average molecular weight is 473 g/mol. The smallest absolute Gasteiger partial charge is 0.416 e. The second-order valence-corrected chi connectivity index (χ2v) is 7.72. The highest BCUT2D eigenvalue weighted by Gasteiger charge is 2.37. The Morgan fingerprint density at radius 3 is 2.47 bits per heavy atom. The topological polar surface area (TPSA) is 96.0 Å². The first kappa shape index (κ1) is 23.0. The van der Waals surface area contributed by atoms with Gasteiger partial charge in [0.1, 0.15) is 13.1 Å². The molecule has 1 atom stereocenters. The second kappa shape index (κ2) is 8.32. The maximum absolute atomic E-state index is 13.0. The van der Waals surface area contributed by atoms with E-state index in [0.717, 1.165) is 28.0 Å². The number of hydrogen-bond donors (Lipinski definition) is 1. The molecule has 0 radical (unpaired) electrons. The lowest BCUT2D eigenvalue weighted by molar-refractivity contribution is -0.154. The maximum atomic E-state index is 13.0. The maximum Gasteiger partial charge on any atom is 0.416 e. The van der Waals surface area contributed by atoms with Crippen LogP contribution in [-0.4, -0.2) is 47.8 Å². The molecule has 0 saturated carbocycles. The van der Waals surface area contributed by atoms with E-state index in [0.29, 0.717) is 16.8 Å². The van der Waals surface area contributed by atoms with Crippen LogP contribution in [0.2, 0.25) is 0 Å². The second-order valence-electron chi connectivity index (χ2n) is 7.72. The van der Waals surface area contributed by atoms with E-state index in [4.69, 9.17) is 4.74 Å². The molecule has 2 aromatic rings. The molecule has 0 bridgehead atoms. The van der Waals surface area contributed by atoms with Crippen LogP contribution in [0.15, 0.2) is 49.0 Å². The standard InChI is InChI=1S/C23H18F3N3O5/c1-12-15-5-3-4-6-16(15)22(33)28(12)11-20(31)34-13(2)21(32)29-10-19(30)27-17-9-14(23(24,25)26)7-8-18(17)29/h3-9,13H,1,10-11H2,2H3,(H,27,30). The van der Waals surface area contributed by atoms with E-state index in [1.165, 1.54) is 6.92 Å². The molecule has 1 unspecified atom stereocenters. The lowest BCUT2D eigenvalue weighted by atomic mass is 10.1. The van der Waals surface area contributed by atoms with Crippen molar-refractivity contribution in [2.75, 3.05) is 23.3 Å². The Labute approximate surface area is 191 Å². The molecule has 8 nitrogen and oxygen atoms in total. The van der Waals surface area contributed by atoms with E-state index in [1.54, 1.807) is 24.3 Å². The van der Waals surface area contributed by atoms with Crippen molar-refractivity contribution in [3.63, 3.8) is 0 Å². The Bertz CT molecular complexity index is 1210. The van der Waals surface area contributed by atoms with Crippen LogP contribution in [0.25, 0.3) is 5.70 Å². The predicted octanol–water partition coefficient (Wildman–Crippen LogP) is 3.05. The lowest BCUT2D eigenvalue weighted by Crippen LogP contribution is -2.47. The first-order chi connectivity index (χ1) is 16.0. The van der Waals surface area contributed by atoms with Crippen LogP contribution in [0.5, 0.6) is 0 Å². The van der Waals surface area contributed by atoms with Crippen molar-refractivity contribution >= 4 is 40.8 Å². The van der Waals surface area contributed by atoms with Gasteiger partial charge in [-0.2, -0.15) is 13.2 Å². The van der Waals surface area contributed by atoms with Crippen molar-refractivity contribution in [3.8, 4) is 0 Å². The van der Waals surface area contributed by atoms with E-state index >= 15 is 0 Å². The van der Waals surface area contributed by atoms with Crippen LogP contribution in [0.3, 0.4) is 0 Å². The number of nitrogens with one attached hydrogen (secondary N) is 1. The normalized spacial score (nSPS) is 16.1. The number of benzene rings is 2. The minimum Gasteiger partial charge on any atom is -0.451 e. The Balaban J connectivity index is 1.46. The number of hydrogen-bond acceptors (Lipinski definition) is 5. The molecular weight excluding hydrogens is 455 g/mol. The summed E-state index contributed by atoms with van der Waals surface area (Å²) in [7, 11) is 0. The summed E-state index contributed by atoms with van der Waals surface area (Å²) in [6.07, 6.45) is -6.01. The van der Waals surface area contributed by atoms with Crippen molar-refractivity contribution in [1.82, 2.24) is 4.90 Å². The molecule has 34 heavy (non-hydrogen) atoms.